The van der Waals surface area contributed by atoms with Gasteiger partial charge in [0.2, 0.25) is 0 Å². The lowest BCUT2D eigenvalue weighted by Gasteiger charge is -2.57. The summed E-state index contributed by atoms with van der Waals surface area (Å²) in [6.07, 6.45) is 10.7. The number of nitrogens with zero attached hydrogens (tertiary/aromatic N) is 1. The Hall–Kier alpha value is -1.61. The number of H-pyrrole nitrogens is 1. The van der Waals surface area contributed by atoms with Crippen molar-refractivity contribution in [3.63, 3.8) is 0 Å². The molecule has 1 aromatic heterocycles. The lowest BCUT2D eigenvalue weighted by atomic mass is 9.53. The summed E-state index contributed by atoms with van der Waals surface area (Å²) in [6, 6.07) is 10.4. The number of hydrogen-bond acceptors (Lipinski definition) is 2. The van der Waals surface area contributed by atoms with Gasteiger partial charge < -0.3 is 10.3 Å². The minimum Gasteiger partial charge on any atom is -0.341 e. The molecule has 4 aliphatic rings. The summed E-state index contributed by atoms with van der Waals surface area (Å²) in [5, 5.41) is 3.94. The lowest BCUT2D eigenvalue weighted by Crippen LogP contribution is -2.58. The Kier molecular flexibility index (Phi) is 3.12. The van der Waals surface area contributed by atoms with Gasteiger partial charge in [0.1, 0.15) is 5.82 Å². The zero-order valence-electron chi connectivity index (χ0n) is 13.6. The van der Waals surface area contributed by atoms with Crippen LogP contribution in [0.5, 0.6) is 0 Å². The maximum Gasteiger partial charge on any atom is 0.137 e. The molecule has 4 fully saturated rings. The average Bonchev–Trinajstić information content (AvgIpc) is 3.02. The van der Waals surface area contributed by atoms with Gasteiger partial charge in [0.15, 0.2) is 0 Å². The molecule has 4 aliphatic carbocycles. The van der Waals surface area contributed by atoms with Gasteiger partial charge in [0, 0.05) is 29.5 Å². The molecule has 0 amide bonds. The Morgan fingerprint density at radius 2 is 1.65 bits per heavy atom. The lowest BCUT2D eigenvalue weighted by molar-refractivity contribution is -0.0207. The fraction of sp³-hybridized carbons (Fsp3) is 0.550. The van der Waals surface area contributed by atoms with Crippen LogP contribution in [0.15, 0.2) is 36.5 Å². The number of imidazole rings is 1. The van der Waals surface area contributed by atoms with Crippen molar-refractivity contribution in [2.75, 3.05) is 0 Å². The quantitative estimate of drug-likeness (QED) is 0.891. The Labute approximate surface area is 137 Å². The van der Waals surface area contributed by atoms with E-state index < -0.39 is 0 Å². The van der Waals surface area contributed by atoms with Crippen LogP contribution in [0.1, 0.15) is 44.2 Å². The number of benzene rings is 1. The van der Waals surface area contributed by atoms with Crippen molar-refractivity contribution in [2.45, 2.75) is 50.6 Å². The summed E-state index contributed by atoms with van der Waals surface area (Å²) in [5.41, 5.74) is 2.79. The molecule has 6 rings (SSSR count). The number of nitrogens with one attached hydrogen (secondary N) is 2. The minimum atomic E-state index is 0.423. The first-order valence-corrected chi connectivity index (χ1v) is 9.12. The highest BCUT2D eigenvalue weighted by Gasteiger charge is 2.50. The van der Waals surface area contributed by atoms with Gasteiger partial charge in [-0.05, 0) is 56.3 Å². The number of aromatic amines is 1. The fourth-order valence-electron chi connectivity index (χ4n) is 5.80. The molecule has 0 atom stereocenters. The van der Waals surface area contributed by atoms with Gasteiger partial charge in [-0.3, -0.25) is 0 Å². The first-order valence-electron chi connectivity index (χ1n) is 9.12. The summed E-state index contributed by atoms with van der Waals surface area (Å²) in [6.45, 7) is 0.923. The molecule has 3 heteroatoms. The Bertz CT molecular complexity index is 653. The molecule has 1 heterocycles. The maximum atomic E-state index is 4.56. The third kappa shape index (κ3) is 2.51. The molecule has 1 aromatic carbocycles. The van der Waals surface area contributed by atoms with Crippen molar-refractivity contribution >= 4 is 0 Å². The second kappa shape index (κ2) is 5.20. The molecule has 2 N–H and O–H groups in total. The summed E-state index contributed by atoms with van der Waals surface area (Å²) < 4.78 is 0. The smallest absolute Gasteiger partial charge is 0.137 e. The van der Waals surface area contributed by atoms with Crippen LogP contribution in [-0.4, -0.2) is 15.5 Å². The van der Waals surface area contributed by atoms with Crippen molar-refractivity contribution in [1.82, 2.24) is 15.3 Å². The van der Waals surface area contributed by atoms with E-state index in [-0.39, 0.29) is 0 Å². The van der Waals surface area contributed by atoms with Crippen molar-refractivity contribution in [3.8, 4) is 11.4 Å². The first-order chi connectivity index (χ1) is 11.3. The standard InChI is InChI=1S/C20H25N3/c1-2-4-17(5-3-1)19-21-12-18(23-19)13-22-20-9-14-6-15(10-20)8-16(7-14)11-20/h1-5,12,14-16,22H,6-11,13H2,(H,21,23). The number of rotatable bonds is 4. The van der Waals surface area contributed by atoms with Crippen LogP contribution in [0.3, 0.4) is 0 Å². The van der Waals surface area contributed by atoms with E-state index in [2.05, 4.69) is 39.6 Å². The molecular weight excluding hydrogens is 282 g/mol. The van der Waals surface area contributed by atoms with Crippen molar-refractivity contribution < 1.29 is 0 Å². The van der Waals surface area contributed by atoms with Crippen molar-refractivity contribution in [2.24, 2.45) is 17.8 Å². The van der Waals surface area contributed by atoms with E-state index in [4.69, 9.17) is 0 Å². The van der Waals surface area contributed by atoms with Crippen LogP contribution in [0.2, 0.25) is 0 Å². The normalized spacial score (nSPS) is 34.9. The van der Waals surface area contributed by atoms with Crippen LogP contribution >= 0.6 is 0 Å². The average molecular weight is 307 g/mol. The van der Waals surface area contributed by atoms with Gasteiger partial charge in [-0.15, -0.1) is 0 Å². The molecule has 4 saturated carbocycles. The molecule has 0 unspecified atom stereocenters. The second-order valence-electron chi connectivity index (χ2n) is 8.17. The van der Waals surface area contributed by atoms with Gasteiger partial charge in [0.25, 0.3) is 0 Å². The maximum absolute atomic E-state index is 4.56. The van der Waals surface area contributed by atoms with Crippen LogP contribution in [-0.2, 0) is 6.54 Å². The van der Waals surface area contributed by atoms with Crippen LogP contribution in [0.4, 0.5) is 0 Å². The Balaban J connectivity index is 1.29. The zero-order chi connectivity index (χ0) is 15.3. The first kappa shape index (κ1) is 13.8. The molecule has 120 valence electrons. The monoisotopic (exact) mass is 307 g/mol. The number of aromatic nitrogens is 2. The van der Waals surface area contributed by atoms with Crippen LogP contribution in [0.25, 0.3) is 11.4 Å². The molecule has 0 saturated heterocycles. The molecule has 23 heavy (non-hydrogen) atoms. The fourth-order valence-corrected chi connectivity index (χ4v) is 5.80. The molecule has 0 aliphatic heterocycles. The zero-order valence-corrected chi connectivity index (χ0v) is 13.6. The topological polar surface area (TPSA) is 40.7 Å². The van der Waals surface area contributed by atoms with Gasteiger partial charge in [0.05, 0.1) is 0 Å². The highest BCUT2D eigenvalue weighted by molar-refractivity contribution is 5.54. The van der Waals surface area contributed by atoms with Crippen LogP contribution < -0.4 is 5.32 Å². The van der Waals surface area contributed by atoms with E-state index in [9.17, 15) is 0 Å². The van der Waals surface area contributed by atoms with Gasteiger partial charge >= 0.3 is 0 Å². The summed E-state index contributed by atoms with van der Waals surface area (Å²) in [4.78, 5) is 8.04. The SMILES string of the molecule is c1ccc(-c2ncc(CNC34CC5CC(CC(C5)C3)C4)[nH]2)cc1. The largest absolute Gasteiger partial charge is 0.341 e. The number of hydrogen-bond donors (Lipinski definition) is 2. The Morgan fingerprint density at radius 1 is 1.00 bits per heavy atom. The third-order valence-corrected chi connectivity index (χ3v) is 6.37. The molecule has 2 aromatic rings. The van der Waals surface area contributed by atoms with E-state index >= 15 is 0 Å². The summed E-state index contributed by atoms with van der Waals surface area (Å²) in [7, 11) is 0. The van der Waals surface area contributed by atoms with E-state index in [0.717, 1.165) is 35.7 Å². The molecule has 4 bridgehead atoms. The van der Waals surface area contributed by atoms with E-state index in [1.54, 1.807) is 0 Å². The molecule has 0 spiro atoms. The Morgan fingerprint density at radius 3 is 2.30 bits per heavy atom. The molecular formula is C20H25N3. The summed E-state index contributed by atoms with van der Waals surface area (Å²) in [5.74, 6) is 3.97. The highest BCUT2D eigenvalue weighted by Crippen LogP contribution is 2.55. The third-order valence-electron chi connectivity index (χ3n) is 6.37. The molecule has 0 radical (unpaired) electrons. The minimum absolute atomic E-state index is 0.423. The van der Waals surface area contributed by atoms with Gasteiger partial charge in [-0.1, -0.05) is 30.3 Å². The predicted octanol–water partition coefficient (Wildman–Crippen LogP) is 4.14. The van der Waals surface area contributed by atoms with E-state index in [1.165, 1.54) is 44.2 Å². The second-order valence-corrected chi connectivity index (χ2v) is 8.17. The predicted molar refractivity (Wildman–Crippen MR) is 91.8 cm³/mol. The van der Waals surface area contributed by atoms with Crippen LogP contribution in [0, 0.1) is 17.8 Å². The van der Waals surface area contributed by atoms with Crippen molar-refractivity contribution in [1.29, 1.82) is 0 Å². The summed E-state index contributed by atoms with van der Waals surface area (Å²) >= 11 is 0. The van der Waals surface area contributed by atoms with Gasteiger partial charge in [-0.25, -0.2) is 4.98 Å². The highest BCUT2D eigenvalue weighted by atomic mass is 15.0. The van der Waals surface area contributed by atoms with E-state index in [0.29, 0.717) is 5.54 Å². The van der Waals surface area contributed by atoms with Crippen molar-refractivity contribution in [3.05, 3.63) is 42.2 Å². The molecule has 3 nitrogen and oxygen atoms in total. The van der Waals surface area contributed by atoms with E-state index in [1.807, 2.05) is 12.3 Å². The van der Waals surface area contributed by atoms with Gasteiger partial charge in [-0.2, -0.15) is 0 Å².